The van der Waals surface area contributed by atoms with Crippen LogP contribution in [0.1, 0.15) is 35.2 Å². The molecule has 0 aliphatic heterocycles. The maximum atomic E-state index is 6.42. The fourth-order valence-corrected chi connectivity index (χ4v) is 2.52. The average Bonchev–Trinajstić information content (AvgIpc) is 2.43. The minimum Gasteiger partial charge on any atom is -0.494 e. The Hall–Kier alpha value is -1.51. The Kier molecular flexibility index (Phi) is 4.69. The minimum atomic E-state index is -0.288. The summed E-state index contributed by atoms with van der Waals surface area (Å²) < 4.78 is 5.68. The molecule has 1 atom stereocenters. The van der Waals surface area contributed by atoms with Crippen LogP contribution in [0.15, 0.2) is 36.4 Å². The van der Waals surface area contributed by atoms with E-state index in [9.17, 15) is 0 Å². The molecular formula is C17H20ClNO. The highest BCUT2D eigenvalue weighted by molar-refractivity contribution is 6.32. The monoisotopic (exact) mass is 289 g/mol. The summed E-state index contributed by atoms with van der Waals surface area (Å²) in [5.74, 6) is 0.822. The van der Waals surface area contributed by atoms with E-state index >= 15 is 0 Å². The van der Waals surface area contributed by atoms with Crippen LogP contribution in [-0.2, 0) is 0 Å². The normalized spacial score (nSPS) is 12.2. The molecule has 0 aliphatic carbocycles. The largest absolute Gasteiger partial charge is 0.494 e. The Bertz CT molecular complexity index is 610. The second-order valence-electron chi connectivity index (χ2n) is 4.93. The topological polar surface area (TPSA) is 35.2 Å². The van der Waals surface area contributed by atoms with Crippen molar-refractivity contribution in [1.29, 1.82) is 0 Å². The zero-order valence-electron chi connectivity index (χ0n) is 12.1. The number of halogens is 1. The molecule has 3 heteroatoms. The van der Waals surface area contributed by atoms with Crippen LogP contribution in [0.2, 0.25) is 5.02 Å². The van der Waals surface area contributed by atoms with Gasteiger partial charge in [-0.05, 0) is 38.0 Å². The number of hydrogen-bond donors (Lipinski definition) is 1. The van der Waals surface area contributed by atoms with Gasteiger partial charge in [0, 0.05) is 10.6 Å². The van der Waals surface area contributed by atoms with Gasteiger partial charge in [-0.1, -0.05) is 47.5 Å². The van der Waals surface area contributed by atoms with E-state index < -0.39 is 0 Å². The summed E-state index contributed by atoms with van der Waals surface area (Å²) in [7, 11) is 0. The molecule has 0 amide bonds. The van der Waals surface area contributed by atoms with Crippen molar-refractivity contribution in [3.63, 3.8) is 0 Å². The quantitative estimate of drug-likeness (QED) is 0.905. The zero-order valence-corrected chi connectivity index (χ0v) is 12.9. The minimum absolute atomic E-state index is 0.288. The van der Waals surface area contributed by atoms with Gasteiger partial charge in [0.25, 0.3) is 0 Å². The Balaban J connectivity index is 2.49. The van der Waals surface area contributed by atoms with Gasteiger partial charge >= 0.3 is 0 Å². The summed E-state index contributed by atoms with van der Waals surface area (Å²) in [6, 6.07) is 11.7. The molecule has 0 bridgehead atoms. The molecule has 0 spiro atoms. The van der Waals surface area contributed by atoms with Crippen LogP contribution in [0.3, 0.4) is 0 Å². The highest BCUT2D eigenvalue weighted by Crippen LogP contribution is 2.33. The summed E-state index contributed by atoms with van der Waals surface area (Å²) in [5.41, 5.74) is 10.5. The van der Waals surface area contributed by atoms with Crippen LogP contribution in [0.5, 0.6) is 5.75 Å². The van der Waals surface area contributed by atoms with Gasteiger partial charge in [0.2, 0.25) is 0 Å². The molecule has 2 nitrogen and oxygen atoms in total. The molecule has 0 saturated heterocycles. The number of benzene rings is 2. The lowest BCUT2D eigenvalue weighted by Gasteiger charge is -2.19. The third-order valence-electron chi connectivity index (χ3n) is 3.36. The van der Waals surface area contributed by atoms with E-state index in [1.807, 2.05) is 51.1 Å². The standard InChI is InChI=1S/C17H20ClNO/c1-4-20-15-9-8-11(2)10-14(15)17(19)13-7-5-6-12(3)16(13)18/h5-10,17H,4,19H2,1-3H3. The molecule has 2 N–H and O–H groups in total. The first-order valence-corrected chi connectivity index (χ1v) is 7.16. The Morgan fingerprint density at radius 2 is 1.90 bits per heavy atom. The molecule has 106 valence electrons. The highest BCUT2D eigenvalue weighted by atomic mass is 35.5. The van der Waals surface area contributed by atoms with E-state index in [1.54, 1.807) is 0 Å². The van der Waals surface area contributed by atoms with E-state index in [-0.39, 0.29) is 6.04 Å². The molecule has 0 fully saturated rings. The van der Waals surface area contributed by atoms with Gasteiger partial charge in [-0.2, -0.15) is 0 Å². The van der Waals surface area contributed by atoms with Gasteiger partial charge in [0.1, 0.15) is 5.75 Å². The van der Waals surface area contributed by atoms with Crippen LogP contribution in [-0.4, -0.2) is 6.61 Å². The average molecular weight is 290 g/mol. The Morgan fingerprint density at radius 3 is 2.60 bits per heavy atom. The van der Waals surface area contributed by atoms with Crippen LogP contribution >= 0.6 is 11.6 Å². The second kappa shape index (κ2) is 6.29. The lowest BCUT2D eigenvalue weighted by molar-refractivity contribution is 0.335. The molecule has 1 unspecified atom stereocenters. The number of rotatable bonds is 4. The van der Waals surface area contributed by atoms with Crippen LogP contribution < -0.4 is 10.5 Å². The number of aryl methyl sites for hydroxylation is 2. The van der Waals surface area contributed by atoms with Gasteiger partial charge < -0.3 is 10.5 Å². The molecular weight excluding hydrogens is 270 g/mol. The van der Waals surface area contributed by atoms with Crippen molar-refractivity contribution >= 4 is 11.6 Å². The van der Waals surface area contributed by atoms with Crippen LogP contribution in [0.25, 0.3) is 0 Å². The molecule has 2 aromatic rings. The first kappa shape index (κ1) is 14.9. The van der Waals surface area contributed by atoms with Gasteiger partial charge in [0.15, 0.2) is 0 Å². The predicted molar refractivity (Wildman–Crippen MR) is 84.6 cm³/mol. The lowest BCUT2D eigenvalue weighted by atomic mass is 9.96. The molecule has 2 aromatic carbocycles. The van der Waals surface area contributed by atoms with Crippen LogP contribution in [0.4, 0.5) is 0 Å². The van der Waals surface area contributed by atoms with E-state index in [0.29, 0.717) is 6.61 Å². The van der Waals surface area contributed by atoms with Crippen LogP contribution in [0, 0.1) is 13.8 Å². The van der Waals surface area contributed by atoms with E-state index in [0.717, 1.165) is 33.0 Å². The summed E-state index contributed by atoms with van der Waals surface area (Å²) in [5, 5.41) is 0.726. The number of ether oxygens (including phenoxy) is 1. The van der Waals surface area contributed by atoms with E-state index in [1.165, 1.54) is 0 Å². The summed E-state index contributed by atoms with van der Waals surface area (Å²) in [6.45, 7) is 6.61. The van der Waals surface area contributed by atoms with Crippen molar-refractivity contribution < 1.29 is 4.74 Å². The summed E-state index contributed by atoms with van der Waals surface area (Å²) in [6.07, 6.45) is 0. The fourth-order valence-electron chi connectivity index (χ4n) is 2.28. The maximum absolute atomic E-state index is 6.42. The molecule has 2 rings (SSSR count). The lowest BCUT2D eigenvalue weighted by Crippen LogP contribution is -2.14. The molecule has 0 aromatic heterocycles. The van der Waals surface area contributed by atoms with E-state index in [2.05, 4.69) is 6.07 Å². The predicted octanol–water partition coefficient (Wildman–Crippen LogP) is 4.40. The van der Waals surface area contributed by atoms with Crippen molar-refractivity contribution in [3.8, 4) is 5.75 Å². The molecule has 0 aliphatic rings. The zero-order chi connectivity index (χ0) is 14.7. The summed E-state index contributed by atoms with van der Waals surface area (Å²) >= 11 is 6.39. The van der Waals surface area contributed by atoms with E-state index in [4.69, 9.17) is 22.1 Å². The fraction of sp³-hybridized carbons (Fsp3) is 0.294. The molecule has 20 heavy (non-hydrogen) atoms. The third-order valence-corrected chi connectivity index (χ3v) is 3.87. The van der Waals surface area contributed by atoms with Crippen molar-refractivity contribution in [2.45, 2.75) is 26.8 Å². The smallest absolute Gasteiger partial charge is 0.124 e. The van der Waals surface area contributed by atoms with Crippen molar-refractivity contribution in [2.24, 2.45) is 5.73 Å². The first-order chi connectivity index (χ1) is 9.54. The van der Waals surface area contributed by atoms with Gasteiger partial charge in [-0.3, -0.25) is 0 Å². The first-order valence-electron chi connectivity index (χ1n) is 6.78. The van der Waals surface area contributed by atoms with Gasteiger partial charge in [-0.25, -0.2) is 0 Å². The van der Waals surface area contributed by atoms with Gasteiger partial charge in [0.05, 0.1) is 12.6 Å². The second-order valence-corrected chi connectivity index (χ2v) is 5.31. The SMILES string of the molecule is CCOc1ccc(C)cc1C(N)c1cccc(C)c1Cl. The molecule has 0 saturated carbocycles. The summed E-state index contributed by atoms with van der Waals surface area (Å²) in [4.78, 5) is 0. The van der Waals surface area contributed by atoms with Crippen molar-refractivity contribution in [2.75, 3.05) is 6.61 Å². The van der Waals surface area contributed by atoms with Crippen molar-refractivity contribution in [3.05, 3.63) is 63.7 Å². The molecule has 0 heterocycles. The third kappa shape index (κ3) is 2.97. The Labute approximate surface area is 125 Å². The Morgan fingerprint density at radius 1 is 1.15 bits per heavy atom. The van der Waals surface area contributed by atoms with Crippen molar-refractivity contribution in [1.82, 2.24) is 0 Å². The number of nitrogens with two attached hydrogens (primary N) is 1. The maximum Gasteiger partial charge on any atom is 0.124 e. The van der Waals surface area contributed by atoms with Gasteiger partial charge in [-0.15, -0.1) is 0 Å². The number of hydrogen-bond acceptors (Lipinski definition) is 2. The molecule has 0 radical (unpaired) electrons. The highest BCUT2D eigenvalue weighted by Gasteiger charge is 2.17.